The Morgan fingerprint density at radius 3 is 2.61 bits per heavy atom. The number of likely N-dealkylation sites (tertiary alicyclic amines) is 1. The molecule has 4 aromatic heterocycles. The van der Waals surface area contributed by atoms with E-state index in [-0.39, 0.29) is 23.3 Å². The lowest BCUT2D eigenvalue weighted by Gasteiger charge is -2.47. The number of carbonyl (C=O) groups is 2. The van der Waals surface area contributed by atoms with Crippen LogP contribution in [0.4, 0.5) is 0 Å². The molecule has 7 heterocycles. The van der Waals surface area contributed by atoms with Gasteiger partial charge in [-0.05, 0) is 24.6 Å². The third-order valence-electron chi connectivity index (χ3n) is 10.3. The zero-order valence-electron chi connectivity index (χ0n) is 28.4. The summed E-state index contributed by atoms with van der Waals surface area (Å²) in [5, 5.41) is 10.3. The molecule has 1 aromatic carbocycles. The van der Waals surface area contributed by atoms with Crippen LogP contribution in [0.25, 0.3) is 44.7 Å². The molecule has 1 atom stereocenters. The highest BCUT2D eigenvalue weighted by Gasteiger charge is 2.48. The van der Waals surface area contributed by atoms with Gasteiger partial charge in [0, 0.05) is 123 Å². The molecule has 11 nitrogen and oxygen atoms in total. The Bertz CT molecular complexity index is 2180. The van der Waals surface area contributed by atoms with Crippen molar-refractivity contribution in [3.8, 4) is 39.5 Å². The zero-order valence-corrected chi connectivity index (χ0v) is 29.9. The van der Waals surface area contributed by atoms with Gasteiger partial charge in [0.05, 0.1) is 39.6 Å². The van der Waals surface area contributed by atoms with Gasteiger partial charge in [-0.2, -0.15) is 0 Å². The molecule has 0 radical (unpaired) electrons. The molecule has 1 unspecified atom stereocenters. The second-order valence-electron chi connectivity index (χ2n) is 13.9. The number of methoxy groups -OCH3 is 1. The Balaban J connectivity index is 1.02. The maximum absolute atomic E-state index is 11.8. The highest BCUT2D eigenvalue weighted by atomic mass is 35.5. The molecule has 1 spiro atoms. The lowest BCUT2D eigenvalue weighted by Crippen LogP contribution is -2.56. The van der Waals surface area contributed by atoms with Gasteiger partial charge in [-0.1, -0.05) is 47.5 Å². The summed E-state index contributed by atoms with van der Waals surface area (Å²) in [7, 11) is 3.62. The Labute approximate surface area is 305 Å². The minimum atomic E-state index is 0.0844. The van der Waals surface area contributed by atoms with Crippen LogP contribution in [-0.2, 0) is 29.7 Å². The number of amides is 2. The van der Waals surface area contributed by atoms with Crippen molar-refractivity contribution in [2.24, 2.45) is 12.5 Å². The number of nitrogens with zero attached hydrogens (tertiary/aromatic N) is 5. The van der Waals surface area contributed by atoms with Crippen LogP contribution < -0.4 is 20.7 Å². The number of carbonyl (C=O) groups excluding carboxylic acids is 2. The number of halogens is 2. The fourth-order valence-corrected chi connectivity index (χ4v) is 8.39. The number of ether oxygens (including phenoxy) is 1. The highest BCUT2D eigenvalue weighted by molar-refractivity contribution is 6.39. The Morgan fingerprint density at radius 1 is 1.02 bits per heavy atom. The van der Waals surface area contributed by atoms with E-state index in [9.17, 15) is 9.59 Å². The fraction of sp³-hybridized carbons (Fsp3) is 0.342. The molecule has 3 aliphatic rings. The minimum absolute atomic E-state index is 0.0844. The number of nitrogens with one attached hydrogen (secondary N) is 3. The molecule has 3 N–H and O–H groups in total. The van der Waals surface area contributed by atoms with Crippen LogP contribution in [0.5, 0.6) is 5.88 Å². The third-order valence-corrected chi connectivity index (χ3v) is 11.1. The van der Waals surface area contributed by atoms with Crippen molar-refractivity contribution in [2.45, 2.75) is 38.4 Å². The number of aryl methyl sites for hydroxylation is 1. The topological polar surface area (TPSA) is 126 Å². The first-order chi connectivity index (χ1) is 24.7. The predicted molar refractivity (Wildman–Crippen MR) is 197 cm³/mol. The number of rotatable bonds is 10. The first kappa shape index (κ1) is 33.6. The molecule has 262 valence electrons. The maximum atomic E-state index is 11.8. The van der Waals surface area contributed by atoms with E-state index in [0.717, 1.165) is 77.0 Å². The molecular formula is C38H38Cl2N8O3. The van der Waals surface area contributed by atoms with E-state index in [1.807, 2.05) is 49.6 Å². The second kappa shape index (κ2) is 13.5. The van der Waals surface area contributed by atoms with Crippen molar-refractivity contribution in [1.82, 2.24) is 40.4 Å². The molecular weight excluding hydrogens is 687 g/mol. The summed E-state index contributed by atoms with van der Waals surface area (Å²) in [6.45, 7) is 4.60. The normalized spacial score (nSPS) is 18.3. The van der Waals surface area contributed by atoms with E-state index >= 15 is 0 Å². The van der Waals surface area contributed by atoms with Crippen molar-refractivity contribution in [3.05, 3.63) is 82.2 Å². The largest absolute Gasteiger partial charge is 0.481 e. The molecule has 51 heavy (non-hydrogen) atoms. The number of fused-ring (bicyclic) bond motifs is 1. The van der Waals surface area contributed by atoms with E-state index in [0.29, 0.717) is 53.2 Å². The summed E-state index contributed by atoms with van der Waals surface area (Å²) in [4.78, 5) is 40.0. The first-order valence-corrected chi connectivity index (χ1v) is 17.9. The van der Waals surface area contributed by atoms with Gasteiger partial charge in [0.15, 0.2) is 0 Å². The molecule has 3 saturated heterocycles. The van der Waals surface area contributed by atoms with E-state index in [1.165, 1.54) is 0 Å². The molecule has 5 aromatic rings. The summed E-state index contributed by atoms with van der Waals surface area (Å²) < 4.78 is 7.75. The van der Waals surface area contributed by atoms with Crippen LogP contribution in [0.15, 0.2) is 61.1 Å². The van der Waals surface area contributed by atoms with E-state index in [2.05, 4.69) is 42.7 Å². The summed E-state index contributed by atoms with van der Waals surface area (Å²) in [5.41, 5.74) is 8.42. The molecule has 3 aliphatic heterocycles. The van der Waals surface area contributed by atoms with Crippen LogP contribution in [-0.4, -0.2) is 75.6 Å². The minimum Gasteiger partial charge on any atom is -0.481 e. The van der Waals surface area contributed by atoms with Gasteiger partial charge in [-0.15, -0.1) is 0 Å². The van der Waals surface area contributed by atoms with Gasteiger partial charge in [-0.3, -0.25) is 24.5 Å². The molecule has 0 bridgehead atoms. The summed E-state index contributed by atoms with van der Waals surface area (Å²) >= 11 is 14.2. The van der Waals surface area contributed by atoms with Gasteiger partial charge in [0.2, 0.25) is 17.7 Å². The molecule has 8 rings (SSSR count). The second-order valence-corrected chi connectivity index (χ2v) is 14.7. The average Bonchev–Trinajstić information content (AvgIpc) is 3.81. The van der Waals surface area contributed by atoms with Gasteiger partial charge in [0.1, 0.15) is 0 Å². The van der Waals surface area contributed by atoms with Crippen molar-refractivity contribution in [2.75, 3.05) is 33.3 Å². The first-order valence-electron chi connectivity index (χ1n) is 17.1. The van der Waals surface area contributed by atoms with Crippen LogP contribution in [0, 0.1) is 5.41 Å². The van der Waals surface area contributed by atoms with E-state index in [1.54, 1.807) is 13.3 Å². The molecule has 3 fully saturated rings. The number of pyridine rings is 3. The zero-order chi connectivity index (χ0) is 35.3. The standard InChI is InChI=1S/C38H38Cl2N8O3/c1-47-17-24(18-48-20-38(21-48)13-32(50)44-19-38)35-30(47)12-23(15-43-35)36-34(40)27(10-11-42-36)26-4-3-5-28(33(26)39)29-8-6-22(37(46-29)51-2)14-41-16-25-7-9-31(49)45-25/h3-6,8,10-12,15,17,25,41H,7,9,13-14,16,18-21H2,1-2H3,(H,44,50)(H,45,49). The van der Waals surface area contributed by atoms with Crippen LogP contribution in [0.1, 0.15) is 30.4 Å². The van der Waals surface area contributed by atoms with Gasteiger partial charge in [0.25, 0.3) is 0 Å². The van der Waals surface area contributed by atoms with Crippen molar-refractivity contribution in [1.29, 1.82) is 0 Å². The van der Waals surface area contributed by atoms with Crippen LogP contribution in [0.2, 0.25) is 10.0 Å². The SMILES string of the molecule is COc1nc(-c2cccc(-c3ccnc(-c4cnc5c(CN6CC7(CNC(=O)C7)C6)cn(C)c5c4)c3Cl)c2Cl)ccc1CNCC1CCC(=O)N1. The van der Waals surface area contributed by atoms with E-state index in [4.69, 9.17) is 37.9 Å². The monoisotopic (exact) mass is 724 g/mol. The fourth-order valence-electron chi connectivity index (χ4n) is 7.74. The third kappa shape index (κ3) is 6.44. The van der Waals surface area contributed by atoms with E-state index < -0.39 is 0 Å². The quantitative estimate of drug-likeness (QED) is 0.176. The summed E-state index contributed by atoms with van der Waals surface area (Å²) in [5.74, 6) is 0.758. The molecule has 13 heteroatoms. The lowest BCUT2D eigenvalue weighted by atomic mass is 9.79. The van der Waals surface area contributed by atoms with Crippen LogP contribution >= 0.6 is 23.2 Å². The smallest absolute Gasteiger partial charge is 0.220 e. The molecule has 0 saturated carbocycles. The Morgan fingerprint density at radius 2 is 1.84 bits per heavy atom. The van der Waals surface area contributed by atoms with Crippen LogP contribution in [0.3, 0.4) is 0 Å². The number of hydrogen-bond acceptors (Lipinski definition) is 8. The van der Waals surface area contributed by atoms with Crippen molar-refractivity contribution in [3.63, 3.8) is 0 Å². The highest BCUT2D eigenvalue weighted by Crippen LogP contribution is 2.42. The lowest BCUT2D eigenvalue weighted by molar-refractivity contribution is -0.121. The van der Waals surface area contributed by atoms with Crippen molar-refractivity contribution < 1.29 is 14.3 Å². The Kier molecular flexibility index (Phi) is 8.91. The molecule has 0 aliphatic carbocycles. The summed E-state index contributed by atoms with van der Waals surface area (Å²) in [6.07, 6.45) is 7.72. The predicted octanol–water partition coefficient (Wildman–Crippen LogP) is 5.37. The summed E-state index contributed by atoms with van der Waals surface area (Å²) in [6, 6.07) is 13.8. The van der Waals surface area contributed by atoms with Gasteiger partial charge >= 0.3 is 0 Å². The van der Waals surface area contributed by atoms with Gasteiger partial charge in [-0.25, -0.2) is 4.98 Å². The number of hydrogen-bond donors (Lipinski definition) is 3. The number of benzene rings is 1. The maximum Gasteiger partial charge on any atom is 0.220 e. The van der Waals surface area contributed by atoms with Crippen molar-refractivity contribution >= 4 is 46.0 Å². The number of aromatic nitrogens is 4. The Hall–Kier alpha value is -4.55. The average molecular weight is 726 g/mol. The molecule has 2 amide bonds. The van der Waals surface area contributed by atoms with Gasteiger partial charge < -0.3 is 25.3 Å².